The highest BCUT2D eigenvalue weighted by Crippen LogP contribution is 2.19. The van der Waals surface area contributed by atoms with E-state index in [9.17, 15) is 13.2 Å². The zero-order valence-corrected chi connectivity index (χ0v) is 12.0. The second-order valence-electron chi connectivity index (χ2n) is 5.04. The van der Waals surface area contributed by atoms with Crippen LogP contribution in [-0.4, -0.2) is 25.1 Å². The maximum absolute atomic E-state index is 12.0. The molecule has 1 aromatic carbocycles. The van der Waals surface area contributed by atoms with E-state index in [0.717, 1.165) is 0 Å². The van der Waals surface area contributed by atoms with Gasteiger partial charge in [0.2, 0.25) is 0 Å². The highest BCUT2D eigenvalue weighted by atomic mass is 32.2. The molecule has 0 radical (unpaired) electrons. The standard InChI is InChI=1S/C12H17NO5S/c1-8-9(11(14)15)6-5-7-10(8)19(16,17)13-18-12(2,3)4/h5-7,13H,1-4H3,(H,14,15). The van der Waals surface area contributed by atoms with Crippen molar-refractivity contribution in [1.29, 1.82) is 0 Å². The molecular weight excluding hydrogens is 270 g/mol. The lowest BCUT2D eigenvalue weighted by Crippen LogP contribution is -2.34. The summed E-state index contributed by atoms with van der Waals surface area (Å²) in [6.07, 6.45) is 0. The van der Waals surface area contributed by atoms with Gasteiger partial charge in [0.1, 0.15) is 0 Å². The number of rotatable bonds is 4. The van der Waals surface area contributed by atoms with Crippen molar-refractivity contribution in [2.24, 2.45) is 0 Å². The highest BCUT2D eigenvalue weighted by molar-refractivity contribution is 7.89. The van der Waals surface area contributed by atoms with E-state index in [4.69, 9.17) is 9.94 Å². The van der Waals surface area contributed by atoms with Crippen LogP contribution >= 0.6 is 0 Å². The van der Waals surface area contributed by atoms with E-state index in [2.05, 4.69) is 0 Å². The summed E-state index contributed by atoms with van der Waals surface area (Å²) in [5.74, 6) is -1.17. The van der Waals surface area contributed by atoms with Gasteiger partial charge in [-0.1, -0.05) is 11.0 Å². The van der Waals surface area contributed by atoms with Crippen LogP contribution in [0.25, 0.3) is 0 Å². The summed E-state index contributed by atoms with van der Waals surface area (Å²) in [4.78, 5) is 17.9. The molecule has 1 aromatic rings. The van der Waals surface area contributed by atoms with Gasteiger partial charge in [0, 0.05) is 0 Å². The molecule has 19 heavy (non-hydrogen) atoms. The normalized spacial score (nSPS) is 12.4. The maximum atomic E-state index is 12.0. The molecule has 0 saturated heterocycles. The molecule has 2 N–H and O–H groups in total. The van der Waals surface area contributed by atoms with Crippen LogP contribution in [0.5, 0.6) is 0 Å². The molecule has 0 aliphatic heterocycles. The van der Waals surface area contributed by atoms with Crippen LogP contribution < -0.4 is 4.89 Å². The topological polar surface area (TPSA) is 92.7 Å². The third-order valence-electron chi connectivity index (χ3n) is 2.26. The first-order valence-corrected chi connectivity index (χ1v) is 7.05. The molecule has 0 bridgehead atoms. The molecule has 106 valence electrons. The molecule has 6 nitrogen and oxygen atoms in total. The number of nitrogens with one attached hydrogen (secondary N) is 1. The Morgan fingerprint density at radius 1 is 1.32 bits per heavy atom. The Morgan fingerprint density at radius 2 is 1.89 bits per heavy atom. The molecule has 0 spiro atoms. The van der Waals surface area contributed by atoms with E-state index in [1.165, 1.54) is 25.1 Å². The summed E-state index contributed by atoms with van der Waals surface area (Å²) in [6, 6.07) is 4.06. The van der Waals surface area contributed by atoms with Crippen LogP contribution in [0.15, 0.2) is 23.1 Å². The molecule has 0 atom stereocenters. The van der Waals surface area contributed by atoms with Crippen molar-refractivity contribution in [1.82, 2.24) is 4.89 Å². The Labute approximate surface area is 112 Å². The van der Waals surface area contributed by atoms with E-state index in [1.807, 2.05) is 4.89 Å². The Hall–Kier alpha value is -1.44. The summed E-state index contributed by atoms with van der Waals surface area (Å²) in [7, 11) is -3.92. The average molecular weight is 287 g/mol. The van der Waals surface area contributed by atoms with E-state index < -0.39 is 21.6 Å². The Balaban J connectivity index is 3.16. The van der Waals surface area contributed by atoms with Crippen LogP contribution in [0.4, 0.5) is 0 Å². The van der Waals surface area contributed by atoms with Crippen LogP contribution in [-0.2, 0) is 14.9 Å². The van der Waals surface area contributed by atoms with Gasteiger partial charge < -0.3 is 5.11 Å². The van der Waals surface area contributed by atoms with Gasteiger partial charge in [-0.3, -0.25) is 4.84 Å². The predicted octanol–water partition coefficient (Wildman–Crippen LogP) is 1.70. The summed E-state index contributed by atoms with van der Waals surface area (Å²) in [5, 5.41) is 8.97. The SMILES string of the molecule is Cc1c(C(=O)O)cccc1S(=O)(=O)NOC(C)(C)C. The predicted molar refractivity (Wildman–Crippen MR) is 69.3 cm³/mol. The van der Waals surface area contributed by atoms with Gasteiger partial charge in [-0.2, -0.15) is 0 Å². The number of sulfonamides is 1. The second-order valence-corrected chi connectivity index (χ2v) is 6.65. The number of carboxylic acid groups (broad SMARTS) is 1. The average Bonchev–Trinajstić information content (AvgIpc) is 2.25. The molecule has 0 amide bonds. The zero-order chi connectivity index (χ0) is 14.8. The van der Waals surface area contributed by atoms with Crippen LogP contribution in [0.2, 0.25) is 0 Å². The lowest BCUT2D eigenvalue weighted by molar-refractivity contribution is -0.0357. The third kappa shape index (κ3) is 4.02. The number of carboxylic acids is 1. The molecule has 0 heterocycles. The molecule has 0 aliphatic carbocycles. The number of benzene rings is 1. The molecular formula is C12H17NO5S. The molecule has 0 saturated carbocycles. The van der Waals surface area contributed by atoms with E-state index in [0.29, 0.717) is 0 Å². The van der Waals surface area contributed by atoms with Crippen molar-refractivity contribution >= 4 is 16.0 Å². The molecule has 0 unspecified atom stereocenters. The van der Waals surface area contributed by atoms with Gasteiger partial charge in [0.25, 0.3) is 10.0 Å². The fourth-order valence-electron chi connectivity index (χ4n) is 1.36. The van der Waals surface area contributed by atoms with Crippen LogP contribution in [0.3, 0.4) is 0 Å². The molecule has 0 aromatic heterocycles. The van der Waals surface area contributed by atoms with Crippen molar-refractivity contribution in [2.75, 3.05) is 0 Å². The van der Waals surface area contributed by atoms with Crippen molar-refractivity contribution < 1.29 is 23.2 Å². The number of hydrogen-bond acceptors (Lipinski definition) is 4. The Bertz CT molecular complexity index is 587. The van der Waals surface area contributed by atoms with Crippen molar-refractivity contribution in [3.8, 4) is 0 Å². The first-order chi connectivity index (χ1) is 8.54. The monoisotopic (exact) mass is 287 g/mol. The fraction of sp³-hybridized carbons (Fsp3) is 0.417. The van der Waals surface area contributed by atoms with Crippen LogP contribution in [0, 0.1) is 6.92 Å². The van der Waals surface area contributed by atoms with Gasteiger partial charge in [0.05, 0.1) is 16.1 Å². The minimum absolute atomic E-state index is 0.0568. The van der Waals surface area contributed by atoms with Gasteiger partial charge in [0.15, 0.2) is 0 Å². The number of hydrogen-bond donors (Lipinski definition) is 2. The lowest BCUT2D eigenvalue weighted by atomic mass is 10.1. The highest BCUT2D eigenvalue weighted by Gasteiger charge is 2.23. The number of aromatic carboxylic acids is 1. The smallest absolute Gasteiger partial charge is 0.335 e. The molecule has 7 heteroatoms. The summed E-state index contributed by atoms with van der Waals surface area (Å²) < 4.78 is 24.1. The Kier molecular flexibility index (Phi) is 4.34. The zero-order valence-electron chi connectivity index (χ0n) is 11.2. The van der Waals surface area contributed by atoms with E-state index >= 15 is 0 Å². The lowest BCUT2D eigenvalue weighted by Gasteiger charge is -2.19. The summed E-state index contributed by atoms with van der Waals surface area (Å²) in [6.45, 7) is 6.51. The fourth-order valence-corrected chi connectivity index (χ4v) is 2.58. The van der Waals surface area contributed by atoms with Gasteiger partial charge in [-0.15, -0.1) is 0 Å². The van der Waals surface area contributed by atoms with Crippen molar-refractivity contribution in [3.63, 3.8) is 0 Å². The second kappa shape index (κ2) is 5.28. The first-order valence-electron chi connectivity index (χ1n) is 5.57. The minimum atomic E-state index is -3.92. The van der Waals surface area contributed by atoms with Crippen LogP contribution in [0.1, 0.15) is 36.7 Å². The van der Waals surface area contributed by atoms with Crippen molar-refractivity contribution in [3.05, 3.63) is 29.3 Å². The Morgan fingerprint density at radius 3 is 2.37 bits per heavy atom. The van der Waals surface area contributed by atoms with Crippen molar-refractivity contribution in [2.45, 2.75) is 38.2 Å². The molecule has 0 aliphatic rings. The molecule has 1 rings (SSSR count). The maximum Gasteiger partial charge on any atom is 0.335 e. The quantitative estimate of drug-likeness (QED) is 0.822. The molecule has 0 fully saturated rings. The first kappa shape index (κ1) is 15.6. The largest absolute Gasteiger partial charge is 0.478 e. The van der Waals surface area contributed by atoms with E-state index in [-0.39, 0.29) is 16.0 Å². The minimum Gasteiger partial charge on any atom is -0.478 e. The van der Waals surface area contributed by atoms with Gasteiger partial charge in [-0.25, -0.2) is 13.2 Å². The third-order valence-corrected chi connectivity index (χ3v) is 3.59. The van der Waals surface area contributed by atoms with E-state index in [1.54, 1.807) is 20.8 Å². The summed E-state index contributed by atoms with van der Waals surface area (Å²) >= 11 is 0. The van der Waals surface area contributed by atoms with Gasteiger partial charge in [-0.05, 0) is 45.4 Å². The number of carbonyl (C=O) groups is 1. The summed E-state index contributed by atoms with van der Waals surface area (Å²) in [5.41, 5.74) is -0.579. The van der Waals surface area contributed by atoms with Gasteiger partial charge >= 0.3 is 5.97 Å².